The molecule has 0 bridgehead atoms. The summed E-state index contributed by atoms with van der Waals surface area (Å²) in [5.41, 5.74) is 6.86. The molecule has 0 spiro atoms. The minimum atomic E-state index is 0.392. The highest BCUT2D eigenvalue weighted by atomic mass is 31.0. The molecule has 176 valence electrons. The van der Waals surface area contributed by atoms with Crippen molar-refractivity contribution in [3.05, 3.63) is 52.1 Å². The summed E-state index contributed by atoms with van der Waals surface area (Å²) >= 11 is 0. The Morgan fingerprint density at radius 1 is 1.13 bits per heavy atom. The fraction of sp³-hybridized carbons (Fsp3) is 0.655. The first kappa shape index (κ1) is 28.0. The Hall–Kier alpha value is -1.07. The average Bonchev–Trinajstić information content (AvgIpc) is 2.69. The van der Waals surface area contributed by atoms with E-state index in [9.17, 15) is 5.11 Å². The molecule has 1 rings (SSSR count). The van der Waals surface area contributed by atoms with Gasteiger partial charge in [-0.2, -0.15) is 0 Å². The largest absolute Gasteiger partial charge is 0.508 e. The van der Waals surface area contributed by atoms with Crippen LogP contribution in [0.2, 0.25) is 0 Å². The van der Waals surface area contributed by atoms with Crippen LogP contribution in [0.3, 0.4) is 0 Å². The van der Waals surface area contributed by atoms with Crippen molar-refractivity contribution in [1.29, 1.82) is 0 Å². The number of aromatic hydroxyl groups is 1. The normalized spacial score (nSPS) is 16.1. The van der Waals surface area contributed by atoms with Crippen molar-refractivity contribution in [3.63, 3.8) is 0 Å². The van der Waals surface area contributed by atoms with Gasteiger partial charge in [-0.3, -0.25) is 0 Å². The van der Waals surface area contributed by atoms with Crippen molar-refractivity contribution in [2.45, 2.75) is 118 Å². The number of allylic oxidation sites excluding steroid dienone is 4. The van der Waals surface area contributed by atoms with Crippen LogP contribution in [0.15, 0.2) is 41.0 Å². The van der Waals surface area contributed by atoms with Gasteiger partial charge in [0, 0.05) is 0 Å². The van der Waals surface area contributed by atoms with Gasteiger partial charge in [-0.1, -0.05) is 83.2 Å². The fourth-order valence-electron chi connectivity index (χ4n) is 4.73. The van der Waals surface area contributed by atoms with E-state index in [1.165, 1.54) is 55.2 Å². The third kappa shape index (κ3) is 9.95. The highest BCUT2D eigenvalue weighted by Crippen LogP contribution is 2.33. The van der Waals surface area contributed by atoms with Crippen LogP contribution in [0, 0.1) is 12.8 Å². The van der Waals surface area contributed by atoms with Crippen LogP contribution >= 0.6 is 9.24 Å². The molecule has 1 aromatic carbocycles. The molecule has 0 amide bonds. The molecular weight excluding hydrogens is 395 g/mol. The van der Waals surface area contributed by atoms with Gasteiger partial charge < -0.3 is 5.11 Å². The third-order valence-corrected chi connectivity index (χ3v) is 7.39. The van der Waals surface area contributed by atoms with Crippen LogP contribution in [-0.2, 0) is 6.42 Å². The maximum absolute atomic E-state index is 10.3. The summed E-state index contributed by atoms with van der Waals surface area (Å²) in [5, 5.41) is 10.7. The molecule has 31 heavy (non-hydrogen) atoms. The smallest absolute Gasteiger partial charge is 0.119 e. The SMILES string of the molecule is CCC/C(C)=C(/C=C(\CC)[C@@H](C)CCC[C@@](C)(P)CCC)CCc1c(C)cccc1O. The Morgan fingerprint density at radius 3 is 2.42 bits per heavy atom. The lowest BCUT2D eigenvalue weighted by Gasteiger charge is -2.25. The molecule has 0 saturated heterocycles. The van der Waals surface area contributed by atoms with Crippen molar-refractivity contribution in [3.8, 4) is 5.75 Å². The zero-order valence-electron chi connectivity index (χ0n) is 21.5. The number of hydrogen-bond donors (Lipinski definition) is 1. The molecule has 0 radical (unpaired) electrons. The summed E-state index contributed by atoms with van der Waals surface area (Å²) in [5.74, 6) is 1.07. The molecule has 0 saturated carbocycles. The van der Waals surface area contributed by atoms with Crippen LogP contribution in [0.1, 0.15) is 110 Å². The molecule has 0 aromatic heterocycles. The number of hydrogen-bond acceptors (Lipinski definition) is 1. The van der Waals surface area contributed by atoms with E-state index in [2.05, 4.69) is 69.8 Å². The second-order valence-corrected chi connectivity index (χ2v) is 11.3. The van der Waals surface area contributed by atoms with E-state index >= 15 is 0 Å². The topological polar surface area (TPSA) is 20.2 Å². The first-order chi connectivity index (χ1) is 14.6. The van der Waals surface area contributed by atoms with E-state index in [1.54, 1.807) is 5.57 Å². The Morgan fingerprint density at radius 2 is 1.84 bits per heavy atom. The molecule has 0 fully saturated rings. The summed E-state index contributed by atoms with van der Waals surface area (Å²) in [4.78, 5) is 0. The van der Waals surface area contributed by atoms with Crippen LogP contribution < -0.4 is 0 Å². The summed E-state index contributed by atoms with van der Waals surface area (Å²) in [6, 6.07) is 5.85. The van der Waals surface area contributed by atoms with E-state index in [4.69, 9.17) is 0 Å². The second-order valence-electron chi connectivity index (χ2n) is 9.90. The van der Waals surface area contributed by atoms with Gasteiger partial charge in [0.1, 0.15) is 5.75 Å². The van der Waals surface area contributed by atoms with Crippen molar-refractivity contribution < 1.29 is 5.11 Å². The third-order valence-electron chi connectivity index (χ3n) is 6.81. The standard InChI is InChI=1S/C29H49OP/c1-8-13-22(4)26(17-18-27-24(6)14-11-16-28(27)30)21-25(10-3)23(5)15-12-20-29(7,31)19-9-2/h11,14,16,21,23,30H,8-10,12-13,15,17-20,31H2,1-7H3/b25-21+,26-22+/t23-,29-/m0/s1. The minimum absolute atomic E-state index is 0.392. The van der Waals surface area contributed by atoms with Crippen LogP contribution in [0.25, 0.3) is 0 Å². The first-order valence-electron chi connectivity index (χ1n) is 12.6. The molecule has 1 nitrogen and oxygen atoms in total. The minimum Gasteiger partial charge on any atom is -0.508 e. The maximum Gasteiger partial charge on any atom is 0.119 e. The Balaban J connectivity index is 2.94. The number of phenolic OH excluding ortho intramolecular Hbond substituents is 1. The van der Waals surface area contributed by atoms with Crippen LogP contribution in [-0.4, -0.2) is 10.3 Å². The molecule has 1 unspecified atom stereocenters. The quantitative estimate of drug-likeness (QED) is 0.224. The predicted octanol–water partition coefficient (Wildman–Crippen LogP) is 9.33. The van der Waals surface area contributed by atoms with Crippen molar-refractivity contribution in [1.82, 2.24) is 0 Å². The molecule has 1 N–H and O–H groups in total. The van der Waals surface area contributed by atoms with Gasteiger partial charge in [-0.15, -0.1) is 9.24 Å². The van der Waals surface area contributed by atoms with Gasteiger partial charge in [-0.05, 0) is 92.6 Å². The lowest BCUT2D eigenvalue weighted by Crippen LogP contribution is -2.15. The lowest BCUT2D eigenvalue weighted by atomic mass is 9.87. The van der Waals surface area contributed by atoms with Crippen molar-refractivity contribution in [2.24, 2.45) is 5.92 Å². The second kappa shape index (κ2) is 14.2. The molecule has 2 heteroatoms. The molecule has 0 aliphatic rings. The molecular formula is C29H49OP. The summed E-state index contributed by atoms with van der Waals surface area (Å²) < 4.78 is 0. The maximum atomic E-state index is 10.3. The van der Waals surface area contributed by atoms with E-state index < -0.39 is 0 Å². The Bertz CT molecular complexity index is 706. The van der Waals surface area contributed by atoms with E-state index in [0.717, 1.165) is 31.2 Å². The fourth-order valence-corrected chi connectivity index (χ4v) is 5.22. The summed E-state index contributed by atoms with van der Waals surface area (Å²) in [6.45, 7) is 16.1. The van der Waals surface area contributed by atoms with E-state index in [1.807, 2.05) is 12.1 Å². The van der Waals surface area contributed by atoms with E-state index in [-0.39, 0.29) is 0 Å². The summed E-state index contributed by atoms with van der Waals surface area (Å²) in [7, 11) is 3.10. The molecule has 0 aliphatic heterocycles. The molecule has 3 atom stereocenters. The van der Waals surface area contributed by atoms with Gasteiger partial charge in [0.15, 0.2) is 0 Å². The predicted molar refractivity (Wildman–Crippen MR) is 143 cm³/mol. The van der Waals surface area contributed by atoms with Gasteiger partial charge in [0.05, 0.1) is 0 Å². The van der Waals surface area contributed by atoms with Crippen LogP contribution in [0.5, 0.6) is 5.75 Å². The number of aryl methyl sites for hydroxylation is 1. The number of benzene rings is 1. The van der Waals surface area contributed by atoms with Gasteiger partial charge in [0.25, 0.3) is 0 Å². The first-order valence-corrected chi connectivity index (χ1v) is 13.2. The Kier molecular flexibility index (Phi) is 12.8. The van der Waals surface area contributed by atoms with Crippen molar-refractivity contribution in [2.75, 3.05) is 0 Å². The van der Waals surface area contributed by atoms with Gasteiger partial charge >= 0.3 is 0 Å². The highest BCUT2D eigenvalue weighted by molar-refractivity contribution is 7.18. The summed E-state index contributed by atoms with van der Waals surface area (Å²) in [6.07, 6.45) is 14.3. The average molecular weight is 445 g/mol. The highest BCUT2D eigenvalue weighted by Gasteiger charge is 2.18. The molecule has 1 aromatic rings. The number of rotatable bonds is 14. The molecule has 0 aliphatic carbocycles. The van der Waals surface area contributed by atoms with E-state index in [0.29, 0.717) is 16.8 Å². The number of phenols is 1. The van der Waals surface area contributed by atoms with Gasteiger partial charge in [0.2, 0.25) is 0 Å². The zero-order chi connectivity index (χ0) is 23.4. The zero-order valence-corrected chi connectivity index (χ0v) is 22.6. The monoisotopic (exact) mass is 444 g/mol. The van der Waals surface area contributed by atoms with Gasteiger partial charge in [-0.25, -0.2) is 0 Å². The van der Waals surface area contributed by atoms with Crippen molar-refractivity contribution >= 4 is 9.24 Å². The van der Waals surface area contributed by atoms with Crippen LogP contribution in [0.4, 0.5) is 0 Å². The molecule has 0 heterocycles. The Labute approximate surface area is 196 Å². The lowest BCUT2D eigenvalue weighted by molar-refractivity contribution is 0.466.